The monoisotopic (exact) mass is 611 g/mol. The highest BCUT2D eigenvalue weighted by Crippen LogP contribution is 2.37. The molecule has 0 atom stereocenters. The highest BCUT2D eigenvalue weighted by molar-refractivity contribution is 9.10. The van der Waals surface area contributed by atoms with Crippen molar-refractivity contribution in [3.05, 3.63) is 123 Å². The summed E-state index contributed by atoms with van der Waals surface area (Å²) >= 11 is 3.55. The first-order valence-corrected chi connectivity index (χ1v) is 13.7. The summed E-state index contributed by atoms with van der Waals surface area (Å²) in [5, 5.41) is 5.85. The van der Waals surface area contributed by atoms with Crippen LogP contribution in [0, 0.1) is 5.82 Å². The number of hydrogen-bond donors (Lipinski definition) is 0. The van der Waals surface area contributed by atoms with Gasteiger partial charge < -0.3 is 13.9 Å². The lowest BCUT2D eigenvalue weighted by Gasteiger charge is -2.15. The van der Waals surface area contributed by atoms with Crippen LogP contribution >= 0.6 is 15.9 Å². The fourth-order valence-electron chi connectivity index (χ4n) is 4.44. The van der Waals surface area contributed by atoms with Crippen LogP contribution in [0.25, 0.3) is 33.5 Å². The molecule has 9 heteroatoms. The molecule has 2 heterocycles. The van der Waals surface area contributed by atoms with Gasteiger partial charge in [-0.2, -0.15) is 9.78 Å². The number of halogens is 2. The maximum absolute atomic E-state index is 14.1. The second-order valence-corrected chi connectivity index (χ2v) is 9.96. The molecule has 2 aromatic heterocycles. The first-order valence-electron chi connectivity index (χ1n) is 12.9. The van der Waals surface area contributed by atoms with Gasteiger partial charge in [0, 0.05) is 10.9 Å². The number of ether oxygens (including phenoxy) is 2. The Morgan fingerprint density at radius 1 is 1.00 bits per heavy atom. The van der Waals surface area contributed by atoms with Crippen molar-refractivity contribution in [2.45, 2.75) is 13.5 Å². The molecule has 0 amide bonds. The summed E-state index contributed by atoms with van der Waals surface area (Å²) in [6, 6.07) is 26.5. The molecule has 0 spiro atoms. The second kappa shape index (κ2) is 11.4. The third-order valence-electron chi connectivity index (χ3n) is 6.38. The van der Waals surface area contributed by atoms with Gasteiger partial charge in [-0.3, -0.25) is 4.79 Å². The normalized spacial score (nSPS) is 11.5. The number of furan rings is 1. The summed E-state index contributed by atoms with van der Waals surface area (Å²) in [7, 11) is 0. The summed E-state index contributed by atoms with van der Waals surface area (Å²) in [4.78, 5) is 18.3. The third kappa shape index (κ3) is 5.36. The van der Waals surface area contributed by atoms with E-state index in [1.165, 1.54) is 17.0 Å². The Kier molecular flexibility index (Phi) is 7.35. The van der Waals surface area contributed by atoms with E-state index in [9.17, 15) is 9.18 Å². The molecule has 0 N–H and O–H groups in total. The van der Waals surface area contributed by atoms with Crippen molar-refractivity contribution in [2.24, 2.45) is 5.10 Å². The minimum atomic E-state index is -0.347. The molecule has 6 aromatic rings. The number of rotatable bonds is 8. The minimum absolute atomic E-state index is 0.0256. The van der Waals surface area contributed by atoms with Gasteiger partial charge in [0.2, 0.25) is 5.82 Å². The lowest BCUT2D eigenvalue weighted by Crippen LogP contribution is -2.20. The van der Waals surface area contributed by atoms with Crippen molar-refractivity contribution < 1.29 is 18.3 Å². The van der Waals surface area contributed by atoms with Crippen molar-refractivity contribution in [2.75, 3.05) is 6.61 Å². The molecule has 7 nitrogen and oxygen atoms in total. The maximum atomic E-state index is 14.1. The Morgan fingerprint density at radius 3 is 2.61 bits per heavy atom. The predicted octanol–water partition coefficient (Wildman–Crippen LogP) is 7.57. The molecule has 0 aliphatic heterocycles. The molecule has 0 aliphatic rings. The predicted molar refractivity (Wildman–Crippen MR) is 160 cm³/mol. The zero-order valence-corrected chi connectivity index (χ0v) is 23.5. The Labute approximate surface area is 242 Å². The molecule has 0 unspecified atom stereocenters. The number of fused-ring (bicyclic) bond motifs is 2. The van der Waals surface area contributed by atoms with Crippen molar-refractivity contribution in [1.82, 2.24) is 9.66 Å². The molecule has 4 aromatic carbocycles. The van der Waals surface area contributed by atoms with E-state index in [1.807, 2.05) is 43.3 Å². The Morgan fingerprint density at radius 2 is 1.78 bits per heavy atom. The molecular weight excluding hydrogens is 589 g/mol. The van der Waals surface area contributed by atoms with Crippen molar-refractivity contribution in [3.63, 3.8) is 0 Å². The smallest absolute Gasteiger partial charge is 0.282 e. The molecule has 41 heavy (non-hydrogen) atoms. The molecule has 0 bridgehead atoms. The molecule has 204 valence electrons. The SMILES string of the molecule is CCOc1cc(C=Nn2c(-c3cc4ccccc4o3)nc3ccccc3c2=O)cc(Br)c1OCc1ccccc1F. The molecule has 0 aliphatic carbocycles. The molecular formula is C32H23BrFN3O4. The van der Waals surface area contributed by atoms with E-state index in [2.05, 4.69) is 21.0 Å². The van der Waals surface area contributed by atoms with Gasteiger partial charge in [0.15, 0.2) is 17.3 Å². The van der Waals surface area contributed by atoms with Gasteiger partial charge in [-0.25, -0.2) is 9.37 Å². The van der Waals surface area contributed by atoms with Crippen LogP contribution in [0.15, 0.2) is 110 Å². The quantitative estimate of drug-likeness (QED) is 0.166. The van der Waals surface area contributed by atoms with Gasteiger partial charge in [0.05, 0.1) is 28.2 Å². The maximum Gasteiger partial charge on any atom is 0.282 e. The van der Waals surface area contributed by atoms with Gasteiger partial charge in [0.25, 0.3) is 5.56 Å². The third-order valence-corrected chi connectivity index (χ3v) is 6.97. The Hall–Kier alpha value is -4.76. The molecule has 0 fully saturated rings. The Balaban J connectivity index is 1.40. The van der Waals surface area contributed by atoms with Crippen LogP contribution in [0.3, 0.4) is 0 Å². The molecule has 0 saturated heterocycles. The van der Waals surface area contributed by atoms with E-state index in [-0.39, 0.29) is 23.8 Å². The van der Waals surface area contributed by atoms with Crippen LogP contribution in [-0.2, 0) is 6.61 Å². The first-order chi connectivity index (χ1) is 20.0. The zero-order valence-electron chi connectivity index (χ0n) is 21.9. The fourth-order valence-corrected chi connectivity index (χ4v) is 5.01. The number of aromatic nitrogens is 2. The van der Waals surface area contributed by atoms with Gasteiger partial charge >= 0.3 is 0 Å². The summed E-state index contributed by atoms with van der Waals surface area (Å²) in [6.45, 7) is 2.26. The van der Waals surface area contributed by atoms with Crippen molar-refractivity contribution in [1.29, 1.82) is 0 Å². The summed E-state index contributed by atoms with van der Waals surface area (Å²) in [5.74, 6) is 1.22. The fraction of sp³-hybridized carbons (Fsp3) is 0.0938. The molecule has 0 saturated carbocycles. The zero-order chi connectivity index (χ0) is 28.3. The first kappa shape index (κ1) is 26.5. The van der Waals surface area contributed by atoms with Crippen LogP contribution in [0.2, 0.25) is 0 Å². The average molecular weight is 612 g/mol. The largest absolute Gasteiger partial charge is 0.490 e. The van der Waals surface area contributed by atoms with Crippen LogP contribution in [-0.4, -0.2) is 22.5 Å². The summed E-state index contributed by atoms with van der Waals surface area (Å²) < 4.78 is 33.8. The molecule has 0 radical (unpaired) electrons. The van der Waals surface area contributed by atoms with Crippen LogP contribution in [0.1, 0.15) is 18.1 Å². The van der Waals surface area contributed by atoms with E-state index < -0.39 is 0 Å². The van der Waals surface area contributed by atoms with Gasteiger partial charge in [-0.05, 0) is 70.9 Å². The van der Waals surface area contributed by atoms with E-state index in [0.717, 1.165) is 5.39 Å². The van der Waals surface area contributed by atoms with Crippen LogP contribution in [0.5, 0.6) is 11.5 Å². The van der Waals surface area contributed by atoms with Gasteiger partial charge in [-0.15, -0.1) is 0 Å². The second-order valence-electron chi connectivity index (χ2n) is 9.11. The van der Waals surface area contributed by atoms with Crippen LogP contribution < -0.4 is 15.0 Å². The Bertz CT molecular complexity index is 1950. The molecule has 6 rings (SSSR count). The van der Waals surface area contributed by atoms with E-state index in [4.69, 9.17) is 18.9 Å². The number of para-hydroxylation sites is 2. The standard InChI is InChI=1S/C32H23BrFN3O4/c1-2-39-28-16-20(15-24(33)30(28)40-19-22-10-3-6-12-25(22)34)18-35-37-31(29-17-21-9-4-8-14-27(21)41-29)36-26-13-7-5-11-23(26)32(37)38/h3-18H,2,19H2,1H3. The van der Waals surface area contributed by atoms with E-state index in [1.54, 1.807) is 48.5 Å². The lowest BCUT2D eigenvalue weighted by molar-refractivity contribution is 0.264. The highest BCUT2D eigenvalue weighted by atomic mass is 79.9. The minimum Gasteiger partial charge on any atom is -0.490 e. The number of benzene rings is 4. The van der Waals surface area contributed by atoms with E-state index in [0.29, 0.717) is 56.0 Å². The topological polar surface area (TPSA) is 78.9 Å². The number of hydrogen-bond acceptors (Lipinski definition) is 6. The van der Waals surface area contributed by atoms with Crippen molar-refractivity contribution in [3.8, 4) is 23.1 Å². The lowest BCUT2D eigenvalue weighted by atomic mass is 10.2. The summed E-state index contributed by atoms with van der Waals surface area (Å²) in [5.41, 5.74) is 1.94. The number of nitrogens with zero attached hydrogens (tertiary/aromatic N) is 3. The highest BCUT2D eigenvalue weighted by Gasteiger charge is 2.17. The van der Waals surface area contributed by atoms with Gasteiger partial charge in [0.1, 0.15) is 18.0 Å². The van der Waals surface area contributed by atoms with Crippen LogP contribution in [0.4, 0.5) is 4.39 Å². The van der Waals surface area contributed by atoms with E-state index >= 15 is 0 Å². The van der Waals surface area contributed by atoms with Crippen molar-refractivity contribution >= 4 is 44.0 Å². The van der Waals surface area contributed by atoms with Gasteiger partial charge in [-0.1, -0.05) is 48.5 Å². The summed E-state index contributed by atoms with van der Waals surface area (Å²) in [6.07, 6.45) is 1.54. The average Bonchev–Trinajstić information content (AvgIpc) is 3.41.